The van der Waals surface area contributed by atoms with Crippen LogP contribution in [-0.4, -0.2) is 46.6 Å². The first-order chi connectivity index (χ1) is 10.0. The fourth-order valence-corrected chi connectivity index (χ4v) is 3.04. The zero-order chi connectivity index (χ0) is 15.4. The molecule has 0 aliphatic heterocycles. The second kappa shape index (κ2) is 6.84. The Morgan fingerprint density at radius 1 is 1.57 bits per heavy atom. The average Bonchev–Trinajstić information content (AvgIpc) is 2.85. The topological polar surface area (TPSA) is 91.5 Å². The van der Waals surface area contributed by atoms with Gasteiger partial charge in [0.05, 0.1) is 22.9 Å². The molecule has 1 aromatic heterocycles. The van der Waals surface area contributed by atoms with E-state index >= 15 is 0 Å². The van der Waals surface area contributed by atoms with E-state index in [1.165, 1.54) is 11.3 Å². The summed E-state index contributed by atoms with van der Waals surface area (Å²) < 4.78 is 0.945. The summed E-state index contributed by atoms with van der Waals surface area (Å²) in [4.78, 5) is 18.5. The average molecular weight is 308 g/mol. The molecule has 0 aliphatic rings. The number of fused-ring (bicyclic) bond motifs is 1. The summed E-state index contributed by atoms with van der Waals surface area (Å²) in [6.07, 6.45) is 0. The van der Waals surface area contributed by atoms with Gasteiger partial charge in [-0.15, -0.1) is 0 Å². The monoisotopic (exact) mass is 308 g/mol. The number of rotatable bonds is 6. The van der Waals surface area contributed by atoms with Gasteiger partial charge in [0.25, 0.3) is 0 Å². The Balaban J connectivity index is 2.10. The van der Waals surface area contributed by atoms with Crippen molar-refractivity contribution in [2.24, 2.45) is 0 Å². The SMILES string of the molecule is CCN(CCO)C(C)C(=O)Nc1nc2ccc(N)cc2s1. The number of carbonyl (C=O) groups is 1. The lowest BCUT2D eigenvalue weighted by Crippen LogP contribution is -2.43. The number of nitrogen functional groups attached to an aromatic ring is 1. The van der Waals surface area contributed by atoms with E-state index in [1.807, 2.05) is 30.9 Å². The third kappa shape index (κ3) is 3.69. The number of carbonyl (C=O) groups excluding carboxylic acids is 1. The van der Waals surface area contributed by atoms with Gasteiger partial charge in [0.15, 0.2) is 5.13 Å². The van der Waals surface area contributed by atoms with E-state index < -0.39 is 0 Å². The first-order valence-corrected chi connectivity index (χ1v) is 7.68. The summed E-state index contributed by atoms with van der Waals surface area (Å²) in [7, 11) is 0. The number of hydrogen-bond donors (Lipinski definition) is 3. The maximum absolute atomic E-state index is 12.2. The number of aromatic nitrogens is 1. The quantitative estimate of drug-likeness (QED) is 0.704. The van der Waals surface area contributed by atoms with Crippen molar-refractivity contribution in [3.8, 4) is 0 Å². The summed E-state index contributed by atoms with van der Waals surface area (Å²) >= 11 is 1.40. The van der Waals surface area contributed by atoms with Gasteiger partial charge in [-0.05, 0) is 31.7 Å². The first kappa shape index (κ1) is 15.7. The number of nitrogens with zero attached hydrogens (tertiary/aromatic N) is 2. The lowest BCUT2D eigenvalue weighted by molar-refractivity contribution is -0.120. The lowest BCUT2D eigenvalue weighted by Gasteiger charge is -2.25. The molecule has 114 valence electrons. The molecule has 4 N–H and O–H groups in total. The summed E-state index contributed by atoms with van der Waals surface area (Å²) in [5.41, 5.74) is 7.23. The number of amides is 1. The summed E-state index contributed by atoms with van der Waals surface area (Å²) in [6.45, 7) is 4.98. The Morgan fingerprint density at radius 3 is 3.00 bits per heavy atom. The van der Waals surface area contributed by atoms with Crippen LogP contribution in [0.2, 0.25) is 0 Å². The molecule has 0 saturated heterocycles. The van der Waals surface area contributed by atoms with Crippen LogP contribution in [-0.2, 0) is 4.79 Å². The number of hydrogen-bond acceptors (Lipinski definition) is 6. The predicted molar refractivity (Wildman–Crippen MR) is 86.5 cm³/mol. The van der Waals surface area contributed by atoms with E-state index in [9.17, 15) is 4.79 Å². The van der Waals surface area contributed by atoms with Gasteiger partial charge in [0.1, 0.15) is 0 Å². The standard InChI is InChI=1S/C14H20N4O2S/c1-3-18(6-7-19)9(2)13(20)17-14-16-11-5-4-10(15)8-12(11)21-14/h4-5,8-9,19H,3,6-7,15H2,1-2H3,(H,16,17,20). The lowest BCUT2D eigenvalue weighted by atomic mass is 10.2. The molecule has 6 nitrogen and oxygen atoms in total. The minimum absolute atomic E-state index is 0.0336. The number of nitrogens with one attached hydrogen (secondary N) is 1. The molecular formula is C14H20N4O2S. The second-order valence-electron chi connectivity index (χ2n) is 4.76. The zero-order valence-electron chi connectivity index (χ0n) is 12.2. The molecule has 7 heteroatoms. The van der Waals surface area contributed by atoms with Crippen LogP contribution in [0, 0.1) is 0 Å². The number of nitrogens with two attached hydrogens (primary N) is 1. The Hall–Kier alpha value is -1.70. The minimum atomic E-state index is -0.320. The molecule has 1 heterocycles. The minimum Gasteiger partial charge on any atom is -0.399 e. The Labute approximate surface area is 127 Å². The molecule has 0 saturated carbocycles. The van der Waals surface area contributed by atoms with Gasteiger partial charge in [0.2, 0.25) is 5.91 Å². The Morgan fingerprint density at radius 2 is 2.33 bits per heavy atom. The van der Waals surface area contributed by atoms with Crippen molar-refractivity contribution in [2.45, 2.75) is 19.9 Å². The van der Waals surface area contributed by atoms with Gasteiger partial charge in [-0.2, -0.15) is 0 Å². The van der Waals surface area contributed by atoms with Crippen LogP contribution < -0.4 is 11.1 Å². The smallest absolute Gasteiger partial charge is 0.243 e. The highest BCUT2D eigenvalue weighted by atomic mass is 32.1. The van der Waals surface area contributed by atoms with Crippen molar-refractivity contribution in [3.05, 3.63) is 18.2 Å². The van der Waals surface area contributed by atoms with Crippen LogP contribution in [0.5, 0.6) is 0 Å². The molecule has 1 unspecified atom stereocenters. The van der Waals surface area contributed by atoms with Gasteiger partial charge in [-0.25, -0.2) is 4.98 Å². The van der Waals surface area contributed by atoms with Crippen LogP contribution in [0.1, 0.15) is 13.8 Å². The predicted octanol–water partition coefficient (Wildman–Crippen LogP) is 1.52. The van der Waals surface area contributed by atoms with Crippen LogP contribution in [0.4, 0.5) is 10.8 Å². The molecule has 0 radical (unpaired) electrons. The summed E-state index contributed by atoms with van der Waals surface area (Å²) in [5, 5.41) is 12.4. The highest BCUT2D eigenvalue weighted by Gasteiger charge is 2.20. The fourth-order valence-electron chi connectivity index (χ4n) is 2.12. The van der Waals surface area contributed by atoms with E-state index in [-0.39, 0.29) is 18.6 Å². The molecule has 21 heavy (non-hydrogen) atoms. The van der Waals surface area contributed by atoms with Crippen LogP contribution in [0.15, 0.2) is 18.2 Å². The van der Waals surface area contributed by atoms with E-state index in [0.717, 1.165) is 10.2 Å². The molecule has 2 aromatic rings. The molecule has 0 fully saturated rings. The molecule has 1 amide bonds. The largest absolute Gasteiger partial charge is 0.399 e. The third-order valence-corrected chi connectivity index (χ3v) is 4.30. The number of anilines is 2. The molecule has 1 aromatic carbocycles. The van der Waals surface area contributed by atoms with Gasteiger partial charge < -0.3 is 16.2 Å². The summed E-state index contributed by atoms with van der Waals surface area (Å²) in [6, 6.07) is 5.15. The third-order valence-electron chi connectivity index (χ3n) is 3.36. The van der Waals surface area contributed by atoms with Gasteiger partial charge in [-0.1, -0.05) is 18.3 Å². The number of aliphatic hydroxyl groups excluding tert-OH is 1. The maximum Gasteiger partial charge on any atom is 0.243 e. The molecule has 0 spiro atoms. The molecule has 2 rings (SSSR count). The molecule has 0 aliphatic carbocycles. The molecule has 0 bridgehead atoms. The van der Waals surface area contributed by atoms with Crippen molar-refractivity contribution < 1.29 is 9.90 Å². The van der Waals surface area contributed by atoms with Crippen molar-refractivity contribution in [2.75, 3.05) is 30.7 Å². The number of aliphatic hydroxyl groups is 1. The van der Waals surface area contributed by atoms with E-state index in [1.54, 1.807) is 6.07 Å². The van der Waals surface area contributed by atoms with E-state index in [0.29, 0.717) is 23.9 Å². The van der Waals surface area contributed by atoms with Crippen molar-refractivity contribution in [1.82, 2.24) is 9.88 Å². The van der Waals surface area contributed by atoms with Crippen molar-refractivity contribution in [1.29, 1.82) is 0 Å². The van der Waals surface area contributed by atoms with E-state index in [4.69, 9.17) is 10.8 Å². The zero-order valence-corrected chi connectivity index (χ0v) is 13.0. The first-order valence-electron chi connectivity index (χ1n) is 6.87. The normalized spacial score (nSPS) is 12.8. The van der Waals surface area contributed by atoms with E-state index in [2.05, 4.69) is 10.3 Å². The number of benzene rings is 1. The van der Waals surface area contributed by atoms with Crippen LogP contribution >= 0.6 is 11.3 Å². The highest BCUT2D eigenvalue weighted by molar-refractivity contribution is 7.22. The van der Waals surface area contributed by atoms with Gasteiger partial charge in [0, 0.05) is 12.2 Å². The Bertz CT molecular complexity index is 628. The Kier molecular flexibility index (Phi) is 5.11. The molecular weight excluding hydrogens is 288 g/mol. The highest BCUT2D eigenvalue weighted by Crippen LogP contribution is 2.27. The van der Waals surface area contributed by atoms with Gasteiger partial charge >= 0.3 is 0 Å². The fraction of sp³-hybridized carbons (Fsp3) is 0.429. The van der Waals surface area contributed by atoms with Gasteiger partial charge in [-0.3, -0.25) is 9.69 Å². The number of likely N-dealkylation sites (N-methyl/N-ethyl adjacent to an activating group) is 1. The second-order valence-corrected chi connectivity index (χ2v) is 5.79. The maximum atomic E-state index is 12.2. The summed E-state index contributed by atoms with van der Waals surface area (Å²) in [5.74, 6) is -0.127. The van der Waals surface area contributed by atoms with Crippen molar-refractivity contribution in [3.63, 3.8) is 0 Å². The van der Waals surface area contributed by atoms with Crippen molar-refractivity contribution >= 4 is 38.3 Å². The number of thiazole rings is 1. The molecule has 1 atom stereocenters. The van der Waals surface area contributed by atoms with Crippen LogP contribution in [0.3, 0.4) is 0 Å². The van der Waals surface area contributed by atoms with Crippen LogP contribution in [0.25, 0.3) is 10.2 Å².